The van der Waals surface area contributed by atoms with Gasteiger partial charge in [0.15, 0.2) is 0 Å². The Balaban J connectivity index is 2.17. The maximum absolute atomic E-state index is 9.09. The van der Waals surface area contributed by atoms with Gasteiger partial charge in [-0.05, 0) is 57.7 Å². The first kappa shape index (κ1) is 16.0. The van der Waals surface area contributed by atoms with E-state index in [2.05, 4.69) is 30.9 Å². The first-order valence-corrected chi connectivity index (χ1v) is 8.67. The van der Waals surface area contributed by atoms with Crippen LogP contribution in [0.15, 0.2) is 12.1 Å². The molecule has 1 aliphatic heterocycles. The molecule has 114 valence electrons. The summed E-state index contributed by atoms with van der Waals surface area (Å²) < 4.78 is 0. The van der Waals surface area contributed by atoms with Crippen LogP contribution >= 0.6 is 11.3 Å². The lowest BCUT2D eigenvalue weighted by molar-refractivity contribution is 0.142. The molecular formula is C16H28N2OS. The molecule has 3 nitrogen and oxygen atoms in total. The van der Waals surface area contributed by atoms with E-state index < -0.39 is 0 Å². The number of aliphatic hydroxyl groups is 1. The fourth-order valence-electron chi connectivity index (χ4n) is 3.32. The van der Waals surface area contributed by atoms with E-state index in [0.29, 0.717) is 18.7 Å². The normalized spacial score (nSPS) is 23.1. The van der Waals surface area contributed by atoms with Gasteiger partial charge in [0.05, 0.1) is 6.04 Å². The Labute approximate surface area is 126 Å². The van der Waals surface area contributed by atoms with Crippen molar-refractivity contribution in [2.45, 2.75) is 64.1 Å². The Bertz CT molecular complexity index is 407. The highest BCUT2D eigenvalue weighted by atomic mass is 32.1. The van der Waals surface area contributed by atoms with E-state index in [0.717, 1.165) is 25.8 Å². The highest BCUT2D eigenvalue weighted by Crippen LogP contribution is 2.36. The SMILES string of the molecule is CCC(N)C(c1ccc(C)s1)N1CCCC1CCCO. The molecule has 3 atom stereocenters. The predicted molar refractivity (Wildman–Crippen MR) is 86.1 cm³/mol. The third-order valence-electron chi connectivity index (χ3n) is 4.41. The van der Waals surface area contributed by atoms with Gasteiger partial charge in [0.1, 0.15) is 0 Å². The van der Waals surface area contributed by atoms with Crippen LogP contribution in [0.5, 0.6) is 0 Å². The van der Waals surface area contributed by atoms with Gasteiger partial charge in [0.2, 0.25) is 0 Å². The summed E-state index contributed by atoms with van der Waals surface area (Å²) in [4.78, 5) is 5.38. The van der Waals surface area contributed by atoms with Gasteiger partial charge in [-0.1, -0.05) is 6.92 Å². The second-order valence-corrected chi connectivity index (χ2v) is 7.18. The highest BCUT2D eigenvalue weighted by Gasteiger charge is 2.34. The van der Waals surface area contributed by atoms with E-state index in [9.17, 15) is 0 Å². The largest absolute Gasteiger partial charge is 0.396 e. The fourth-order valence-corrected chi connectivity index (χ4v) is 4.39. The van der Waals surface area contributed by atoms with Crippen molar-refractivity contribution in [1.82, 2.24) is 4.90 Å². The number of hydrogen-bond donors (Lipinski definition) is 2. The fraction of sp³-hybridized carbons (Fsp3) is 0.750. The number of thiophene rings is 1. The molecule has 0 saturated carbocycles. The smallest absolute Gasteiger partial charge is 0.0595 e. The zero-order chi connectivity index (χ0) is 14.5. The molecule has 0 radical (unpaired) electrons. The van der Waals surface area contributed by atoms with E-state index in [1.165, 1.54) is 22.6 Å². The van der Waals surface area contributed by atoms with Crippen molar-refractivity contribution >= 4 is 11.3 Å². The van der Waals surface area contributed by atoms with Gasteiger partial charge in [0.25, 0.3) is 0 Å². The minimum Gasteiger partial charge on any atom is -0.396 e. The predicted octanol–water partition coefficient (Wildman–Crippen LogP) is 3.07. The Hall–Kier alpha value is -0.420. The molecule has 0 aromatic carbocycles. The van der Waals surface area contributed by atoms with E-state index in [1.54, 1.807) is 0 Å². The molecular weight excluding hydrogens is 268 g/mol. The van der Waals surface area contributed by atoms with E-state index in [1.807, 2.05) is 11.3 Å². The summed E-state index contributed by atoms with van der Waals surface area (Å²) in [6.45, 7) is 5.78. The first-order valence-electron chi connectivity index (χ1n) is 7.85. The van der Waals surface area contributed by atoms with Gasteiger partial charge in [-0.3, -0.25) is 4.90 Å². The molecule has 1 saturated heterocycles. The van der Waals surface area contributed by atoms with E-state index in [4.69, 9.17) is 10.8 Å². The molecule has 0 aliphatic carbocycles. The van der Waals surface area contributed by atoms with Crippen LogP contribution in [0.25, 0.3) is 0 Å². The van der Waals surface area contributed by atoms with Gasteiger partial charge in [-0.15, -0.1) is 11.3 Å². The maximum Gasteiger partial charge on any atom is 0.0595 e. The number of aryl methyl sites for hydroxylation is 1. The summed E-state index contributed by atoms with van der Waals surface area (Å²) in [6, 6.07) is 5.59. The number of rotatable bonds is 7. The lowest BCUT2D eigenvalue weighted by Gasteiger charge is -2.36. The van der Waals surface area contributed by atoms with Crippen LogP contribution in [0.2, 0.25) is 0 Å². The molecule has 3 N–H and O–H groups in total. The summed E-state index contributed by atoms with van der Waals surface area (Å²) in [7, 11) is 0. The Morgan fingerprint density at radius 3 is 2.90 bits per heavy atom. The molecule has 1 fully saturated rings. The second-order valence-electron chi connectivity index (χ2n) is 5.87. The topological polar surface area (TPSA) is 49.5 Å². The van der Waals surface area contributed by atoms with Crippen molar-refractivity contribution in [3.63, 3.8) is 0 Å². The van der Waals surface area contributed by atoms with Crippen molar-refractivity contribution in [3.8, 4) is 0 Å². The molecule has 3 unspecified atom stereocenters. The minimum absolute atomic E-state index is 0.197. The molecule has 0 bridgehead atoms. The van der Waals surface area contributed by atoms with E-state index in [-0.39, 0.29) is 6.04 Å². The summed E-state index contributed by atoms with van der Waals surface area (Å²) in [5.41, 5.74) is 6.44. The average molecular weight is 296 g/mol. The number of nitrogens with two attached hydrogens (primary N) is 1. The van der Waals surface area contributed by atoms with Crippen LogP contribution in [0, 0.1) is 6.92 Å². The molecule has 4 heteroatoms. The molecule has 1 aliphatic rings. The number of likely N-dealkylation sites (tertiary alicyclic amines) is 1. The van der Waals surface area contributed by atoms with Gasteiger partial charge in [-0.25, -0.2) is 0 Å². The minimum atomic E-state index is 0.197. The third-order valence-corrected chi connectivity index (χ3v) is 5.48. The van der Waals surface area contributed by atoms with Crippen LogP contribution in [-0.4, -0.2) is 35.2 Å². The van der Waals surface area contributed by atoms with Crippen molar-refractivity contribution < 1.29 is 5.11 Å². The summed E-state index contributed by atoms with van der Waals surface area (Å²) in [5.74, 6) is 0. The molecule has 2 heterocycles. The lowest BCUT2D eigenvalue weighted by Crippen LogP contribution is -2.43. The average Bonchev–Trinajstić information content (AvgIpc) is 3.06. The molecule has 2 rings (SSSR count). The zero-order valence-electron chi connectivity index (χ0n) is 12.7. The summed E-state index contributed by atoms with van der Waals surface area (Å²) in [5, 5.41) is 9.09. The van der Waals surface area contributed by atoms with Gasteiger partial charge < -0.3 is 10.8 Å². The van der Waals surface area contributed by atoms with Crippen molar-refractivity contribution in [3.05, 3.63) is 21.9 Å². The van der Waals surface area contributed by atoms with Gasteiger partial charge >= 0.3 is 0 Å². The van der Waals surface area contributed by atoms with Crippen molar-refractivity contribution in [1.29, 1.82) is 0 Å². The number of hydrogen-bond acceptors (Lipinski definition) is 4. The quantitative estimate of drug-likeness (QED) is 0.813. The van der Waals surface area contributed by atoms with Crippen LogP contribution < -0.4 is 5.73 Å². The van der Waals surface area contributed by atoms with Crippen LogP contribution in [0.3, 0.4) is 0 Å². The summed E-state index contributed by atoms with van der Waals surface area (Å²) >= 11 is 1.88. The van der Waals surface area contributed by atoms with Crippen LogP contribution in [0.4, 0.5) is 0 Å². The Morgan fingerprint density at radius 1 is 1.50 bits per heavy atom. The lowest BCUT2D eigenvalue weighted by atomic mass is 10.0. The summed E-state index contributed by atoms with van der Waals surface area (Å²) in [6.07, 6.45) is 5.50. The zero-order valence-corrected chi connectivity index (χ0v) is 13.5. The number of aliphatic hydroxyl groups excluding tert-OH is 1. The Kier molecular flexibility index (Phi) is 6.02. The standard InChI is InChI=1S/C16H28N2OS/c1-3-14(17)16(15-9-8-12(2)20-15)18-10-4-6-13(18)7-5-11-19/h8-9,13-14,16,19H,3-7,10-11,17H2,1-2H3. The highest BCUT2D eigenvalue weighted by molar-refractivity contribution is 7.12. The Morgan fingerprint density at radius 2 is 2.30 bits per heavy atom. The maximum atomic E-state index is 9.09. The molecule has 1 aromatic heterocycles. The first-order chi connectivity index (χ1) is 9.67. The molecule has 1 aromatic rings. The van der Waals surface area contributed by atoms with Crippen molar-refractivity contribution in [2.75, 3.05) is 13.2 Å². The van der Waals surface area contributed by atoms with Gasteiger partial charge in [0, 0.05) is 28.4 Å². The molecule has 0 spiro atoms. The van der Waals surface area contributed by atoms with Crippen molar-refractivity contribution in [2.24, 2.45) is 5.73 Å². The van der Waals surface area contributed by atoms with Crippen LogP contribution in [0.1, 0.15) is 54.8 Å². The van der Waals surface area contributed by atoms with E-state index >= 15 is 0 Å². The third kappa shape index (κ3) is 3.61. The monoisotopic (exact) mass is 296 g/mol. The molecule has 20 heavy (non-hydrogen) atoms. The van der Waals surface area contributed by atoms with Crippen LogP contribution in [-0.2, 0) is 0 Å². The second kappa shape index (κ2) is 7.55. The number of nitrogens with zero attached hydrogens (tertiary/aromatic N) is 1. The molecule has 0 amide bonds. The van der Waals surface area contributed by atoms with Gasteiger partial charge in [-0.2, -0.15) is 0 Å².